The molecule has 0 aromatic carbocycles. The Morgan fingerprint density at radius 3 is 2.64 bits per heavy atom. The van der Waals surface area contributed by atoms with Crippen LogP contribution in [0, 0.1) is 0 Å². The fraction of sp³-hybridized carbons (Fsp3) is 0.833. The van der Waals surface area contributed by atoms with Crippen molar-refractivity contribution in [3.05, 3.63) is 0 Å². The molecule has 5 heteroatoms. The number of ether oxygens (including phenoxy) is 1. The third kappa shape index (κ3) is 1.48. The van der Waals surface area contributed by atoms with Crippen LogP contribution in [0.25, 0.3) is 0 Å². The summed E-state index contributed by atoms with van der Waals surface area (Å²) in [7, 11) is 0. The summed E-state index contributed by atoms with van der Waals surface area (Å²) >= 11 is 0. The fourth-order valence-electron chi connectivity index (χ4n) is 1.00. The van der Waals surface area contributed by atoms with Gasteiger partial charge in [-0.15, -0.1) is 0 Å². The Morgan fingerprint density at radius 2 is 2.27 bits per heavy atom. The highest BCUT2D eigenvalue weighted by molar-refractivity contribution is 5.76. The molecular formula is C6H8F2O3. The monoisotopic (exact) mass is 166 g/mol. The number of halogens is 2. The molecule has 64 valence electrons. The first kappa shape index (κ1) is 8.39. The highest BCUT2D eigenvalue weighted by Crippen LogP contribution is 2.28. The minimum absolute atomic E-state index is 0.124. The minimum atomic E-state index is -3.73. The first-order valence-electron chi connectivity index (χ1n) is 3.28. The summed E-state index contributed by atoms with van der Waals surface area (Å²) in [6.45, 7) is 0.230. The zero-order chi connectivity index (χ0) is 8.48. The lowest BCUT2D eigenvalue weighted by molar-refractivity contribution is -0.183. The topological polar surface area (TPSA) is 46.5 Å². The average molecular weight is 166 g/mol. The van der Waals surface area contributed by atoms with Crippen molar-refractivity contribution in [1.29, 1.82) is 0 Å². The first-order valence-corrected chi connectivity index (χ1v) is 3.28. The van der Waals surface area contributed by atoms with E-state index in [0.29, 0.717) is 6.42 Å². The van der Waals surface area contributed by atoms with E-state index in [1.165, 1.54) is 0 Å². The number of carbonyl (C=O) groups is 1. The maximum atomic E-state index is 12.5. The molecule has 0 amide bonds. The van der Waals surface area contributed by atoms with Crippen LogP contribution in [0.5, 0.6) is 0 Å². The summed E-state index contributed by atoms with van der Waals surface area (Å²) in [4.78, 5) is 9.98. The van der Waals surface area contributed by atoms with Crippen LogP contribution in [0.15, 0.2) is 0 Å². The molecule has 0 radical (unpaired) electrons. The molecule has 0 bridgehead atoms. The van der Waals surface area contributed by atoms with Gasteiger partial charge in [0.05, 0.1) is 0 Å². The van der Waals surface area contributed by atoms with Crippen LogP contribution < -0.4 is 0 Å². The van der Waals surface area contributed by atoms with Gasteiger partial charge < -0.3 is 9.84 Å². The van der Waals surface area contributed by atoms with E-state index in [1.807, 2.05) is 0 Å². The number of hydrogen-bond donors (Lipinski definition) is 1. The highest BCUT2D eigenvalue weighted by atomic mass is 19.3. The summed E-state index contributed by atoms with van der Waals surface area (Å²) in [6, 6.07) is 0. The van der Waals surface area contributed by atoms with Crippen LogP contribution in [0.1, 0.15) is 12.8 Å². The van der Waals surface area contributed by atoms with Crippen LogP contribution in [-0.2, 0) is 9.53 Å². The first-order chi connectivity index (χ1) is 5.05. The van der Waals surface area contributed by atoms with Gasteiger partial charge in [-0.1, -0.05) is 0 Å². The Labute approximate surface area is 62.0 Å². The van der Waals surface area contributed by atoms with Crippen LogP contribution in [0.2, 0.25) is 0 Å². The minimum Gasteiger partial charge on any atom is -0.477 e. The molecule has 3 nitrogen and oxygen atoms in total. The van der Waals surface area contributed by atoms with Crippen molar-refractivity contribution in [3.8, 4) is 0 Å². The smallest absolute Gasteiger partial charge is 0.377 e. The maximum Gasteiger partial charge on any atom is 0.377 e. The molecule has 0 unspecified atom stereocenters. The number of hydrogen-bond acceptors (Lipinski definition) is 2. The Kier molecular flexibility index (Phi) is 2.08. The molecule has 1 saturated heterocycles. The van der Waals surface area contributed by atoms with Gasteiger partial charge in [-0.2, -0.15) is 8.78 Å². The lowest BCUT2D eigenvalue weighted by atomic mass is 10.1. The molecule has 1 fully saturated rings. The second-order valence-corrected chi connectivity index (χ2v) is 2.43. The fourth-order valence-corrected chi connectivity index (χ4v) is 1.00. The van der Waals surface area contributed by atoms with E-state index in [2.05, 4.69) is 4.74 Å². The third-order valence-corrected chi connectivity index (χ3v) is 1.62. The molecule has 0 spiro atoms. The van der Waals surface area contributed by atoms with Crippen molar-refractivity contribution in [2.75, 3.05) is 6.61 Å². The van der Waals surface area contributed by atoms with E-state index in [9.17, 15) is 13.6 Å². The molecule has 1 rings (SSSR count). The van der Waals surface area contributed by atoms with Gasteiger partial charge in [0.25, 0.3) is 0 Å². The van der Waals surface area contributed by atoms with Crippen LogP contribution >= 0.6 is 0 Å². The van der Waals surface area contributed by atoms with E-state index >= 15 is 0 Å². The van der Waals surface area contributed by atoms with Gasteiger partial charge in [-0.25, -0.2) is 4.79 Å². The summed E-state index contributed by atoms with van der Waals surface area (Å²) in [5.74, 6) is -5.83. The molecule has 1 aliphatic rings. The van der Waals surface area contributed by atoms with Crippen LogP contribution in [-0.4, -0.2) is 29.7 Å². The number of alkyl halides is 2. The normalized spacial score (nSPS) is 25.5. The molecule has 0 aliphatic carbocycles. The number of aliphatic carboxylic acids is 1. The van der Waals surface area contributed by atoms with E-state index in [0.717, 1.165) is 0 Å². The second-order valence-electron chi connectivity index (χ2n) is 2.43. The predicted molar refractivity (Wildman–Crippen MR) is 31.6 cm³/mol. The molecule has 1 heterocycles. The van der Waals surface area contributed by atoms with Crippen molar-refractivity contribution >= 4 is 5.97 Å². The summed E-state index contributed by atoms with van der Waals surface area (Å²) < 4.78 is 29.6. The van der Waals surface area contributed by atoms with Gasteiger partial charge in [0, 0.05) is 6.61 Å². The Hall–Kier alpha value is -0.710. The second kappa shape index (κ2) is 2.73. The van der Waals surface area contributed by atoms with Crippen molar-refractivity contribution < 1.29 is 23.4 Å². The zero-order valence-corrected chi connectivity index (χ0v) is 5.72. The largest absolute Gasteiger partial charge is 0.477 e. The van der Waals surface area contributed by atoms with E-state index in [-0.39, 0.29) is 13.0 Å². The maximum absolute atomic E-state index is 12.5. The van der Waals surface area contributed by atoms with E-state index in [1.54, 1.807) is 0 Å². The van der Waals surface area contributed by atoms with E-state index < -0.39 is 18.0 Å². The Bertz CT molecular complexity index is 163. The van der Waals surface area contributed by atoms with Crippen LogP contribution in [0.3, 0.4) is 0 Å². The molecular weight excluding hydrogens is 158 g/mol. The third-order valence-electron chi connectivity index (χ3n) is 1.62. The zero-order valence-electron chi connectivity index (χ0n) is 5.72. The highest BCUT2D eigenvalue weighted by Gasteiger charge is 2.49. The molecule has 1 aliphatic heterocycles. The van der Waals surface area contributed by atoms with Gasteiger partial charge in [-0.05, 0) is 12.8 Å². The van der Waals surface area contributed by atoms with Gasteiger partial charge >= 0.3 is 11.9 Å². The summed E-state index contributed by atoms with van der Waals surface area (Å²) in [5, 5.41) is 8.07. The summed E-state index contributed by atoms with van der Waals surface area (Å²) in [6.07, 6.45) is -0.799. The van der Waals surface area contributed by atoms with Gasteiger partial charge in [-0.3, -0.25) is 0 Å². The Balaban J connectivity index is 2.62. The standard InChI is InChI=1S/C6H8F2O3/c7-6(8,5(9)10)4-2-1-3-11-4/h4H,1-3H2,(H,9,10)/t4-/m0/s1. The SMILES string of the molecule is O=C(O)C(F)(F)[C@@H]1CCCO1. The number of carboxylic acid groups (broad SMARTS) is 1. The molecule has 1 atom stereocenters. The van der Waals surface area contributed by atoms with Crippen LogP contribution in [0.4, 0.5) is 8.78 Å². The molecule has 0 saturated carbocycles. The van der Waals surface area contributed by atoms with Gasteiger partial charge in [0.15, 0.2) is 0 Å². The molecule has 0 aromatic heterocycles. The Morgan fingerprint density at radius 1 is 1.64 bits per heavy atom. The van der Waals surface area contributed by atoms with Crippen molar-refractivity contribution in [2.45, 2.75) is 24.9 Å². The molecule has 11 heavy (non-hydrogen) atoms. The van der Waals surface area contributed by atoms with Crippen molar-refractivity contribution in [1.82, 2.24) is 0 Å². The van der Waals surface area contributed by atoms with Crippen molar-refractivity contribution in [2.24, 2.45) is 0 Å². The van der Waals surface area contributed by atoms with Gasteiger partial charge in [0.2, 0.25) is 0 Å². The number of carboxylic acids is 1. The average Bonchev–Trinajstić information content (AvgIpc) is 2.37. The lowest BCUT2D eigenvalue weighted by Crippen LogP contribution is -2.40. The molecule has 0 aromatic rings. The summed E-state index contributed by atoms with van der Waals surface area (Å²) in [5.41, 5.74) is 0. The predicted octanol–water partition coefficient (Wildman–Crippen LogP) is 0.885. The lowest BCUT2D eigenvalue weighted by Gasteiger charge is -2.17. The quantitative estimate of drug-likeness (QED) is 0.662. The molecule has 1 N–H and O–H groups in total. The number of rotatable bonds is 2. The van der Waals surface area contributed by atoms with E-state index in [4.69, 9.17) is 5.11 Å². The van der Waals surface area contributed by atoms with Crippen molar-refractivity contribution in [3.63, 3.8) is 0 Å². The van der Waals surface area contributed by atoms with Gasteiger partial charge in [0.1, 0.15) is 6.10 Å².